The summed E-state index contributed by atoms with van der Waals surface area (Å²) in [6, 6.07) is 16.0. The molecule has 0 bridgehead atoms. The first-order valence-electron chi connectivity index (χ1n) is 8.95. The number of aromatic nitrogens is 2. The summed E-state index contributed by atoms with van der Waals surface area (Å²) in [5.41, 5.74) is 3.74. The van der Waals surface area contributed by atoms with E-state index < -0.39 is 11.5 Å². The summed E-state index contributed by atoms with van der Waals surface area (Å²) in [5, 5.41) is 14.4. The molecule has 2 aromatic carbocycles. The molecule has 0 saturated heterocycles. The van der Waals surface area contributed by atoms with Crippen molar-refractivity contribution < 1.29 is 9.90 Å². The number of carbonyl (C=O) groups is 1. The van der Waals surface area contributed by atoms with E-state index in [1.54, 1.807) is 42.5 Å². The fourth-order valence-corrected chi connectivity index (χ4v) is 3.00. The quantitative estimate of drug-likeness (QED) is 0.342. The van der Waals surface area contributed by atoms with Gasteiger partial charge in [0.15, 0.2) is 4.77 Å². The summed E-state index contributed by atoms with van der Waals surface area (Å²) in [6.45, 7) is 4.16. The average Bonchev–Trinajstić information content (AvgIpc) is 2.71. The summed E-state index contributed by atoms with van der Waals surface area (Å²) in [4.78, 5) is 26.8. The van der Waals surface area contributed by atoms with Crippen molar-refractivity contribution in [3.05, 3.63) is 86.4 Å². The highest BCUT2D eigenvalue weighted by atomic mass is 32.1. The highest BCUT2D eigenvalue weighted by molar-refractivity contribution is 7.71. The Hall–Kier alpha value is -3.52. The zero-order chi connectivity index (χ0) is 21.0. The van der Waals surface area contributed by atoms with Crippen LogP contribution in [0.5, 0.6) is 5.88 Å². The third-order valence-corrected chi connectivity index (χ3v) is 4.62. The lowest BCUT2D eigenvalue weighted by Crippen LogP contribution is -2.21. The van der Waals surface area contributed by atoms with E-state index in [-0.39, 0.29) is 16.2 Å². The second kappa shape index (κ2) is 8.66. The normalized spacial score (nSPS) is 11.1. The number of hydrazone groups is 1. The highest BCUT2D eigenvalue weighted by Gasteiger charge is 2.13. The smallest absolute Gasteiger partial charge is 0.271 e. The number of benzene rings is 2. The molecule has 0 saturated carbocycles. The Kier molecular flexibility index (Phi) is 6.04. The Morgan fingerprint density at radius 3 is 2.45 bits per heavy atom. The first-order chi connectivity index (χ1) is 13.9. The molecule has 0 radical (unpaired) electrons. The zero-order valence-corrected chi connectivity index (χ0v) is 16.7. The molecule has 1 heterocycles. The SMILES string of the molecule is CC(C)c1ccc(-n2c(O)c(/C=N/NC(=O)c3ccccc3)c(=O)[nH]c2=S)cc1. The molecule has 3 rings (SSSR count). The van der Waals surface area contributed by atoms with Crippen molar-refractivity contribution in [2.45, 2.75) is 19.8 Å². The minimum absolute atomic E-state index is 0.0512. The Morgan fingerprint density at radius 1 is 1.17 bits per heavy atom. The van der Waals surface area contributed by atoms with Crippen LogP contribution in [0.15, 0.2) is 64.5 Å². The molecule has 0 unspecified atom stereocenters. The van der Waals surface area contributed by atoms with Gasteiger partial charge in [-0.2, -0.15) is 5.10 Å². The van der Waals surface area contributed by atoms with Gasteiger partial charge in [0.25, 0.3) is 11.5 Å². The Morgan fingerprint density at radius 2 is 1.83 bits per heavy atom. The number of nitrogens with zero attached hydrogens (tertiary/aromatic N) is 2. The van der Waals surface area contributed by atoms with Gasteiger partial charge in [-0.05, 0) is 48.0 Å². The van der Waals surface area contributed by atoms with Crippen LogP contribution in [0.2, 0.25) is 0 Å². The second-order valence-corrected chi connectivity index (χ2v) is 7.03. The zero-order valence-electron chi connectivity index (χ0n) is 15.9. The van der Waals surface area contributed by atoms with Crippen molar-refractivity contribution in [2.24, 2.45) is 5.10 Å². The van der Waals surface area contributed by atoms with Crippen LogP contribution in [0.25, 0.3) is 5.69 Å². The third-order valence-electron chi connectivity index (χ3n) is 4.33. The molecule has 3 aromatic rings. The van der Waals surface area contributed by atoms with E-state index in [1.165, 1.54) is 4.57 Å². The molecule has 148 valence electrons. The van der Waals surface area contributed by atoms with Crippen LogP contribution in [0.3, 0.4) is 0 Å². The summed E-state index contributed by atoms with van der Waals surface area (Å²) in [7, 11) is 0. The summed E-state index contributed by atoms with van der Waals surface area (Å²) >= 11 is 5.20. The van der Waals surface area contributed by atoms with Crippen molar-refractivity contribution in [3.8, 4) is 11.6 Å². The standard InChI is InChI=1S/C21H20N4O3S/c1-13(2)14-8-10-16(11-9-14)25-20(28)17(19(27)23-21(25)29)12-22-24-18(26)15-6-4-3-5-7-15/h3-13,28H,1-2H3,(H,24,26)(H,23,27,29)/b22-12+. The van der Waals surface area contributed by atoms with Crippen LogP contribution < -0.4 is 11.0 Å². The maximum absolute atomic E-state index is 12.2. The first kappa shape index (κ1) is 20.2. The van der Waals surface area contributed by atoms with Crippen molar-refractivity contribution in [1.82, 2.24) is 15.0 Å². The minimum atomic E-state index is -0.611. The van der Waals surface area contributed by atoms with Gasteiger partial charge in [0.05, 0.1) is 11.9 Å². The van der Waals surface area contributed by atoms with Crippen LogP contribution in [-0.2, 0) is 0 Å². The van der Waals surface area contributed by atoms with Crippen molar-refractivity contribution in [1.29, 1.82) is 0 Å². The van der Waals surface area contributed by atoms with Crippen molar-refractivity contribution >= 4 is 24.3 Å². The molecule has 0 aliphatic carbocycles. The Labute approximate surface area is 172 Å². The van der Waals surface area contributed by atoms with Crippen LogP contribution >= 0.6 is 12.2 Å². The number of hydrogen-bond donors (Lipinski definition) is 3. The molecule has 1 amide bonds. The molecule has 29 heavy (non-hydrogen) atoms. The van der Waals surface area contributed by atoms with Crippen molar-refractivity contribution in [2.75, 3.05) is 0 Å². The highest BCUT2D eigenvalue weighted by Crippen LogP contribution is 2.21. The van der Waals surface area contributed by atoms with Crippen LogP contribution in [-0.4, -0.2) is 26.8 Å². The van der Waals surface area contributed by atoms with Crippen LogP contribution in [0.1, 0.15) is 41.3 Å². The molecule has 0 spiro atoms. The predicted molar refractivity (Wildman–Crippen MR) is 114 cm³/mol. The predicted octanol–water partition coefficient (Wildman–Crippen LogP) is 3.49. The lowest BCUT2D eigenvalue weighted by Gasteiger charge is -2.12. The third kappa shape index (κ3) is 4.49. The number of aromatic amines is 1. The van der Waals surface area contributed by atoms with E-state index in [4.69, 9.17) is 12.2 Å². The van der Waals surface area contributed by atoms with Gasteiger partial charge in [-0.25, -0.2) is 5.43 Å². The average molecular weight is 408 g/mol. The molecule has 0 aliphatic rings. The van der Waals surface area contributed by atoms with E-state index >= 15 is 0 Å². The van der Waals surface area contributed by atoms with Crippen LogP contribution in [0, 0.1) is 4.77 Å². The molecule has 8 heteroatoms. The lowest BCUT2D eigenvalue weighted by atomic mass is 10.0. The number of rotatable bonds is 5. The number of carbonyl (C=O) groups excluding carboxylic acids is 1. The molecule has 7 nitrogen and oxygen atoms in total. The molecule has 3 N–H and O–H groups in total. The van der Waals surface area contributed by atoms with Gasteiger partial charge in [0.1, 0.15) is 5.56 Å². The molecular formula is C21H20N4O3S. The Balaban J connectivity index is 1.92. The van der Waals surface area contributed by atoms with Gasteiger partial charge in [-0.3, -0.25) is 19.1 Å². The molecule has 0 fully saturated rings. The molecule has 0 aliphatic heterocycles. The summed E-state index contributed by atoms with van der Waals surface area (Å²) in [6.07, 6.45) is 1.09. The van der Waals surface area contributed by atoms with Gasteiger partial charge in [0, 0.05) is 5.56 Å². The second-order valence-electron chi connectivity index (χ2n) is 6.64. The maximum atomic E-state index is 12.2. The van der Waals surface area contributed by atoms with E-state index in [1.807, 2.05) is 12.1 Å². The number of hydrogen-bond acceptors (Lipinski definition) is 5. The van der Waals surface area contributed by atoms with Gasteiger partial charge in [-0.15, -0.1) is 0 Å². The first-order valence-corrected chi connectivity index (χ1v) is 9.36. The van der Waals surface area contributed by atoms with E-state index in [0.717, 1.165) is 11.8 Å². The van der Waals surface area contributed by atoms with Crippen LogP contribution in [0.4, 0.5) is 0 Å². The topological polar surface area (TPSA) is 99.5 Å². The fourth-order valence-electron chi connectivity index (χ4n) is 2.71. The van der Waals surface area contributed by atoms with Gasteiger partial charge < -0.3 is 5.11 Å². The van der Waals surface area contributed by atoms with Gasteiger partial charge in [0.2, 0.25) is 5.88 Å². The monoisotopic (exact) mass is 408 g/mol. The number of H-pyrrole nitrogens is 1. The van der Waals surface area contributed by atoms with E-state index in [0.29, 0.717) is 17.2 Å². The molecule has 1 aromatic heterocycles. The Bertz CT molecular complexity index is 1160. The van der Waals surface area contributed by atoms with E-state index in [2.05, 4.69) is 29.4 Å². The van der Waals surface area contributed by atoms with Gasteiger partial charge >= 0.3 is 0 Å². The number of amides is 1. The molecule has 0 atom stereocenters. The van der Waals surface area contributed by atoms with E-state index in [9.17, 15) is 14.7 Å². The summed E-state index contributed by atoms with van der Waals surface area (Å²) < 4.78 is 1.39. The number of aromatic hydroxyl groups is 1. The lowest BCUT2D eigenvalue weighted by molar-refractivity contribution is 0.0955. The molecular weight excluding hydrogens is 388 g/mol. The summed E-state index contributed by atoms with van der Waals surface area (Å²) in [5.74, 6) is -0.444. The minimum Gasteiger partial charge on any atom is -0.494 e. The number of nitrogens with one attached hydrogen (secondary N) is 2. The fraction of sp³-hybridized carbons (Fsp3) is 0.143. The van der Waals surface area contributed by atoms with Gasteiger partial charge in [-0.1, -0.05) is 44.2 Å². The largest absolute Gasteiger partial charge is 0.494 e. The maximum Gasteiger partial charge on any atom is 0.271 e. The van der Waals surface area contributed by atoms with Crippen molar-refractivity contribution in [3.63, 3.8) is 0 Å².